The molecule has 4 heterocycles. The Balaban J connectivity index is 1.41. The van der Waals surface area contributed by atoms with Crippen LogP contribution in [-0.4, -0.2) is 26.9 Å². The minimum Gasteiger partial charge on any atom is -0.329 e. The number of anilines is 1. The number of benzene rings is 1. The summed E-state index contributed by atoms with van der Waals surface area (Å²) in [5.74, 6) is -1.31. The predicted octanol–water partition coefficient (Wildman–Crippen LogP) is 4.66. The Morgan fingerprint density at radius 1 is 1.23 bits per heavy atom. The third-order valence-electron chi connectivity index (χ3n) is 5.93. The highest BCUT2D eigenvalue weighted by Crippen LogP contribution is 2.43. The fourth-order valence-corrected chi connectivity index (χ4v) is 4.81. The number of hydrogen-bond donors (Lipinski definition) is 2. The number of amides is 2. The number of pyridine rings is 2. The molecule has 3 aromatic rings. The first-order valence-corrected chi connectivity index (χ1v) is 10.2. The van der Waals surface area contributed by atoms with Gasteiger partial charge in [0.25, 0.3) is 0 Å². The number of nitrogens with zero attached hydrogens (tertiary/aromatic N) is 2. The van der Waals surface area contributed by atoms with Gasteiger partial charge >= 0.3 is 6.03 Å². The van der Waals surface area contributed by atoms with Crippen molar-refractivity contribution in [1.82, 2.24) is 14.9 Å². The molecule has 6 nitrogen and oxygen atoms in total. The first-order valence-electron chi connectivity index (χ1n) is 9.82. The van der Waals surface area contributed by atoms with Crippen molar-refractivity contribution in [2.45, 2.75) is 31.3 Å². The summed E-state index contributed by atoms with van der Waals surface area (Å²) in [5, 5.41) is 2.83. The topological polar surface area (TPSA) is 78.1 Å². The summed E-state index contributed by atoms with van der Waals surface area (Å²) in [7, 11) is 0. The summed E-state index contributed by atoms with van der Waals surface area (Å²) in [5.41, 5.74) is 2.47. The predicted molar refractivity (Wildman–Crippen MR) is 112 cm³/mol. The molecule has 2 aliphatic heterocycles. The van der Waals surface area contributed by atoms with Gasteiger partial charge in [0.1, 0.15) is 5.82 Å². The summed E-state index contributed by atoms with van der Waals surface area (Å²) >= 11 is 6.31. The molecular weight excluding hydrogens is 426 g/mol. The number of urea groups is 1. The fraction of sp³-hybridized carbons (Fsp3) is 0.227. The molecule has 158 valence electrons. The lowest BCUT2D eigenvalue weighted by molar-refractivity contribution is 0.179. The molecule has 0 saturated carbocycles. The summed E-state index contributed by atoms with van der Waals surface area (Å²) in [6.07, 6.45) is 5.09. The highest BCUT2D eigenvalue weighted by molar-refractivity contribution is 6.33. The first kappa shape index (κ1) is 19.7. The van der Waals surface area contributed by atoms with Gasteiger partial charge in [-0.15, -0.1) is 0 Å². The van der Waals surface area contributed by atoms with E-state index in [0.717, 1.165) is 30.0 Å². The number of H-pyrrole nitrogens is 1. The van der Waals surface area contributed by atoms with E-state index >= 15 is 0 Å². The van der Waals surface area contributed by atoms with Crippen LogP contribution in [-0.2, 0) is 6.42 Å². The molecule has 2 atom stereocenters. The van der Waals surface area contributed by atoms with Crippen molar-refractivity contribution in [3.8, 4) is 11.1 Å². The molecule has 2 amide bonds. The van der Waals surface area contributed by atoms with E-state index in [1.165, 1.54) is 24.4 Å². The summed E-state index contributed by atoms with van der Waals surface area (Å²) in [6.45, 7) is 0. The van der Waals surface area contributed by atoms with Crippen LogP contribution in [0.3, 0.4) is 0 Å². The summed E-state index contributed by atoms with van der Waals surface area (Å²) in [6, 6.07) is 6.08. The van der Waals surface area contributed by atoms with E-state index in [4.69, 9.17) is 11.6 Å². The monoisotopic (exact) mass is 442 g/mol. The molecule has 31 heavy (non-hydrogen) atoms. The van der Waals surface area contributed by atoms with E-state index in [1.807, 2.05) is 0 Å². The molecule has 2 N–H and O–H groups in total. The van der Waals surface area contributed by atoms with Crippen LogP contribution in [0.15, 0.2) is 47.5 Å². The van der Waals surface area contributed by atoms with Crippen molar-refractivity contribution in [3.05, 3.63) is 81.0 Å². The zero-order chi connectivity index (χ0) is 21.7. The molecular formula is C22H17ClF2N4O2. The Labute approximate surface area is 180 Å². The van der Waals surface area contributed by atoms with Gasteiger partial charge < -0.3 is 15.2 Å². The van der Waals surface area contributed by atoms with E-state index in [0.29, 0.717) is 17.5 Å². The third kappa shape index (κ3) is 3.46. The van der Waals surface area contributed by atoms with Crippen molar-refractivity contribution >= 4 is 23.3 Å². The van der Waals surface area contributed by atoms with Crippen molar-refractivity contribution in [1.29, 1.82) is 0 Å². The zero-order valence-corrected chi connectivity index (χ0v) is 16.9. The van der Waals surface area contributed by atoms with Gasteiger partial charge in [-0.2, -0.15) is 4.39 Å². The van der Waals surface area contributed by atoms with Crippen LogP contribution < -0.4 is 10.9 Å². The van der Waals surface area contributed by atoms with E-state index in [1.54, 1.807) is 17.2 Å². The lowest BCUT2D eigenvalue weighted by Crippen LogP contribution is -2.44. The molecule has 5 rings (SSSR count). The Morgan fingerprint density at radius 3 is 2.84 bits per heavy atom. The van der Waals surface area contributed by atoms with Crippen LogP contribution in [0.25, 0.3) is 11.1 Å². The van der Waals surface area contributed by atoms with Crippen molar-refractivity contribution in [3.63, 3.8) is 0 Å². The largest absolute Gasteiger partial charge is 0.329 e. The first-order chi connectivity index (χ1) is 14.9. The number of carbonyl (C=O) groups excluding carboxylic acids is 1. The van der Waals surface area contributed by atoms with Gasteiger partial charge in [0, 0.05) is 35.6 Å². The Hall–Kier alpha value is -3.26. The quantitative estimate of drug-likeness (QED) is 0.566. The lowest BCUT2D eigenvalue weighted by atomic mass is 9.95. The van der Waals surface area contributed by atoms with Gasteiger partial charge in [-0.25, -0.2) is 14.2 Å². The second-order valence-electron chi connectivity index (χ2n) is 7.75. The van der Waals surface area contributed by atoms with E-state index in [-0.39, 0.29) is 28.4 Å². The number of nitrogens with one attached hydrogen (secondary N) is 2. The molecule has 1 fully saturated rings. The van der Waals surface area contributed by atoms with Crippen molar-refractivity contribution < 1.29 is 13.6 Å². The number of fused-ring (bicyclic) bond motifs is 4. The molecule has 2 aliphatic rings. The van der Waals surface area contributed by atoms with Gasteiger partial charge in [-0.3, -0.25) is 4.79 Å². The molecule has 0 aliphatic carbocycles. The minimum atomic E-state index is -0.661. The Bertz CT molecular complexity index is 1250. The molecule has 0 unspecified atom stereocenters. The summed E-state index contributed by atoms with van der Waals surface area (Å²) in [4.78, 5) is 32.6. The van der Waals surface area contributed by atoms with E-state index in [2.05, 4.69) is 15.3 Å². The zero-order valence-electron chi connectivity index (χ0n) is 16.2. The molecule has 9 heteroatoms. The standard InChI is InChI=1S/C22H17ClF2N4O2/c23-16-8-18(17(24)7-14(16)11-1-4-20(25)26-9-11)28-22(31)29-13-2-3-19(29)15-10-27-21(30)6-12(15)5-13/h1,4,6-10,13,19H,2-3,5H2,(H,27,30)(H,28,31)/t13-,19+/m0/s1. The smallest absolute Gasteiger partial charge is 0.322 e. The van der Waals surface area contributed by atoms with Gasteiger partial charge in [-0.05, 0) is 54.7 Å². The average Bonchev–Trinajstić information content (AvgIpc) is 3.06. The highest BCUT2D eigenvalue weighted by atomic mass is 35.5. The van der Waals surface area contributed by atoms with Gasteiger partial charge in [0.05, 0.1) is 16.8 Å². The molecule has 0 radical (unpaired) electrons. The van der Waals surface area contributed by atoms with E-state index in [9.17, 15) is 18.4 Å². The number of rotatable bonds is 2. The number of halogens is 3. The minimum absolute atomic E-state index is 0.0412. The van der Waals surface area contributed by atoms with Crippen LogP contribution >= 0.6 is 11.6 Å². The fourth-order valence-electron chi connectivity index (χ4n) is 4.54. The van der Waals surface area contributed by atoms with E-state index < -0.39 is 17.8 Å². The Morgan fingerprint density at radius 2 is 2.06 bits per heavy atom. The van der Waals surface area contributed by atoms with Crippen LogP contribution in [0.2, 0.25) is 5.02 Å². The molecule has 2 bridgehead atoms. The van der Waals surface area contributed by atoms with Crippen molar-refractivity contribution in [2.75, 3.05) is 5.32 Å². The van der Waals surface area contributed by atoms with Gasteiger partial charge in [-0.1, -0.05) is 11.6 Å². The Kier molecular flexibility index (Phi) is 4.74. The third-order valence-corrected chi connectivity index (χ3v) is 6.25. The van der Waals surface area contributed by atoms with Crippen LogP contribution in [0, 0.1) is 11.8 Å². The van der Waals surface area contributed by atoms with Crippen LogP contribution in [0.1, 0.15) is 30.0 Å². The normalized spacial score (nSPS) is 19.3. The number of aromatic nitrogens is 2. The molecule has 1 saturated heterocycles. The maximum Gasteiger partial charge on any atom is 0.322 e. The number of hydrogen-bond acceptors (Lipinski definition) is 3. The number of carbonyl (C=O) groups is 1. The van der Waals surface area contributed by atoms with Crippen LogP contribution in [0.5, 0.6) is 0 Å². The average molecular weight is 443 g/mol. The SMILES string of the molecule is O=C(Nc1cc(Cl)c(-c2ccc(F)nc2)cc1F)N1[C@H]2CC[C@@H]1c1c[nH]c(=O)cc1C2. The van der Waals surface area contributed by atoms with Crippen molar-refractivity contribution in [2.24, 2.45) is 0 Å². The van der Waals surface area contributed by atoms with Gasteiger partial charge in [0.2, 0.25) is 11.5 Å². The second kappa shape index (κ2) is 7.46. The van der Waals surface area contributed by atoms with Crippen LogP contribution in [0.4, 0.5) is 19.3 Å². The second-order valence-corrected chi connectivity index (χ2v) is 8.16. The lowest BCUT2D eigenvalue weighted by Gasteiger charge is -2.36. The molecule has 2 aromatic heterocycles. The maximum atomic E-state index is 14.8. The molecule has 1 aromatic carbocycles. The summed E-state index contributed by atoms with van der Waals surface area (Å²) < 4.78 is 27.8. The number of aromatic amines is 1. The molecule has 0 spiro atoms. The highest BCUT2D eigenvalue weighted by Gasteiger charge is 2.42. The maximum absolute atomic E-state index is 14.8. The van der Waals surface area contributed by atoms with Gasteiger partial charge in [0.15, 0.2) is 0 Å².